The van der Waals surface area contributed by atoms with Gasteiger partial charge in [0.05, 0.1) is 0 Å². The van der Waals surface area contributed by atoms with Gasteiger partial charge in [-0.05, 0) is 6.42 Å². The average Bonchev–Trinajstić information content (AvgIpc) is 1.56. The van der Waals surface area contributed by atoms with Gasteiger partial charge in [-0.3, -0.25) is 4.55 Å². The van der Waals surface area contributed by atoms with Crippen LogP contribution < -0.4 is 0 Å². The van der Waals surface area contributed by atoms with Gasteiger partial charge in [0.1, 0.15) is 0 Å². The van der Waals surface area contributed by atoms with Gasteiger partial charge in [-0.1, -0.05) is 6.92 Å². The molecule has 1 radical (unpaired) electrons. The van der Waals surface area contributed by atoms with Gasteiger partial charge in [0.15, 0.2) is 5.25 Å². The molecule has 0 spiro atoms. The Morgan fingerprint density at radius 3 is 1.82 bits per heavy atom. The highest BCUT2D eigenvalue weighted by molar-refractivity contribution is 7.86. The maximum atomic E-state index is 11.6. The molecular formula is C4H6F3O3S. The molecule has 0 saturated heterocycles. The van der Waals surface area contributed by atoms with E-state index >= 15 is 0 Å². The van der Waals surface area contributed by atoms with Crippen molar-refractivity contribution in [2.24, 2.45) is 0 Å². The Kier molecular flexibility index (Phi) is 2.90. The number of hydrogen-bond donors (Lipinski definition) is 1. The van der Waals surface area contributed by atoms with Gasteiger partial charge in [0.2, 0.25) is 0 Å². The van der Waals surface area contributed by atoms with E-state index in [0.29, 0.717) is 0 Å². The summed E-state index contributed by atoms with van der Waals surface area (Å²) < 4.78 is 62.9. The maximum absolute atomic E-state index is 11.6. The van der Waals surface area contributed by atoms with E-state index in [-0.39, 0.29) is 0 Å². The first kappa shape index (κ1) is 10.7. The molecule has 7 heteroatoms. The highest BCUT2D eigenvalue weighted by Crippen LogP contribution is 2.27. The van der Waals surface area contributed by atoms with Crippen LogP contribution >= 0.6 is 0 Å². The molecule has 1 atom stereocenters. The zero-order valence-corrected chi connectivity index (χ0v) is 6.11. The molecule has 1 N–H and O–H groups in total. The summed E-state index contributed by atoms with van der Waals surface area (Å²) in [4.78, 5) is 0. The second kappa shape index (κ2) is 2.98. The standard InChI is InChI=1S/C4H6F3O3S/c1-2-3(4(5,6)7)11(8,9)10/h3H,1-2H2,(H,8,9,10). The third-order valence-corrected chi connectivity index (χ3v) is 2.21. The Balaban J connectivity index is 4.72. The van der Waals surface area contributed by atoms with E-state index in [2.05, 4.69) is 6.92 Å². The molecule has 3 nitrogen and oxygen atoms in total. The number of alkyl halides is 3. The van der Waals surface area contributed by atoms with Gasteiger partial charge in [-0.15, -0.1) is 0 Å². The van der Waals surface area contributed by atoms with Crippen LogP contribution in [0.5, 0.6) is 0 Å². The highest BCUT2D eigenvalue weighted by Gasteiger charge is 2.46. The SMILES string of the molecule is [CH2]CC(C(F)(F)F)S(=O)(=O)O. The fourth-order valence-corrected chi connectivity index (χ4v) is 1.12. The lowest BCUT2D eigenvalue weighted by Crippen LogP contribution is -2.35. The van der Waals surface area contributed by atoms with Crippen molar-refractivity contribution in [3.8, 4) is 0 Å². The van der Waals surface area contributed by atoms with Gasteiger partial charge in [0.25, 0.3) is 10.1 Å². The van der Waals surface area contributed by atoms with E-state index in [0.717, 1.165) is 0 Å². The van der Waals surface area contributed by atoms with E-state index in [4.69, 9.17) is 4.55 Å². The summed E-state index contributed by atoms with van der Waals surface area (Å²) in [7, 11) is -5.06. The van der Waals surface area contributed by atoms with Crippen LogP contribution in [-0.4, -0.2) is 24.4 Å². The molecule has 0 aliphatic rings. The monoisotopic (exact) mass is 191 g/mol. The van der Waals surface area contributed by atoms with Crippen molar-refractivity contribution in [1.29, 1.82) is 0 Å². The van der Waals surface area contributed by atoms with Gasteiger partial charge in [-0.25, -0.2) is 0 Å². The zero-order chi connectivity index (χ0) is 9.28. The second-order valence-corrected chi connectivity index (χ2v) is 3.43. The quantitative estimate of drug-likeness (QED) is 0.663. The van der Waals surface area contributed by atoms with E-state index in [1.54, 1.807) is 0 Å². The fraction of sp³-hybridized carbons (Fsp3) is 0.750. The molecule has 67 valence electrons. The summed E-state index contributed by atoms with van der Waals surface area (Å²) in [6.07, 6.45) is -5.88. The summed E-state index contributed by atoms with van der Waals surface area (Å²) in [5.41, 5.74) is 0. The van der Waals surface area contributed by atoms with E-state index in [9.17, 15) is 21.6 Å². The van der Waals surface area contributed by atoms with E-state index in [1.807, 2.05) is 0 Å². The molecule has 0 aromatic carbocycles. The first-order valence-electron chi connectivity index (χ1n) is 2.52. The molecule has 0 aromatic rings. The van der Waals surface area contributed by atoms with Crippen molar-refractivity contribution in [2.45, 2.75) is 17.8 Å². The molecular weight excluding hydrogens is 185 g/mol. The van der Waals surface area contributed by atoms with Crippen LogP contribution in [0.15, 0.2) is 0 Å². The van der Waals surface area contributed by atoms with Crippen molar-refractivity contribution in [1.82, 2.24) is 0 Å². The van der Waals surface area contributed by atoms with Gasteiger partial charge in [0, 0.05) is 0 Å². The second-order valence-electron chi connectivity index (χ2n) is 1.83. The Morgan fingerprint density at radius 1 is 1.45 bits per heavy atom. The van der Waals surface area contributed by atoms with E-state index < -0.39 is 28.0 Å². The lowest BCUT2D eigenvalue weighted by molar-refractivity contribution is -0.130. The summed E-state index contributed by atoms with van der Waals surface area (Å²) in [6.45, 7) is 2.76. The minimum absolute atomic E-state index is 0.928. The summed E-state index contributed by atoms with van der Waals surface area (Å²) in [5, 5.41) is -2.77. The summed E-state index contributed by atoms with van der Waals surface area (Å²) >= 11 is 0. The molecule has 0 fully saturated rings. The van der Waals surface area contributed by atoms with Gasteiger partial charge >= 0.3 is 6.18 Å². The van der Waals surface area contributed by atoms with Crippen LogP contribution in [0.3, 0.4) is 0 Å². The predicted molar refractivity (Wildman–Crippen MR) is 31.4 cm³/mol. The van der Waals surface area contributed by atoms with Crippen molar-refractivity contribution in [3.63, 3.8) is 0 Å². The summed E-state index contributed by atoms with van der Waals surface area (Å²) in [6, 6.07) is 0. The Morgan fingerprint density at radius 2 is 1.82 bits per heavy atom. The maximum Gasteiger partial charge on any atom is 0.407 e. The van der Waals surface area contributed by atoms with Crippen molar-refractivity contribution in [2.75, 3.05) is 0 Å². The molecule has 11 heavy (non-hydrogen) atoms. The van der Waals surface area contributed by atoms with Crippen molar-refractivity contribution in [3.05, 3.63) is 6.92 Å². The average molecular weight is 191 g/mol. The third-order valence-electron chi connectivity index (χ3n) is 0.987. The number of hydrogen-bond acceptors (Lipinski definition) is 2. The minimum Gasteiger partial charge on any atom is -0.285 e. The van der Waals surface area contributed by atoms with Crippen LogP contribution in [0.4, 0.5) is 13.2 Å². The molecule has 1 unspecified atom stereocenters. The Hall–Kier alpha value is -0.300. The molecule has 0 amide bonds. The normalized spacial score (nSPS) is 16.5. The molecule has 0 heterocycles. The fourth-order valence-electron chi connectivity index (χ4n) is 0.481. The lowest BCUT2D eigenvalue weighted by atomic mass is 10.3. The number of halogens is 3. The topological polar surface area (TPSA) is 54.4 Å². The predicted octanol–water partition coefficient (Wildman–Crippen LogP) is 1.03. The zero-order valence-electron chi connectivity index (χ0n) is 5.30. The Bertz CT molecular complexity index is 217. The third kappa shape index (κ3) is 3.06. The van der Waals surface area contributed by atoms with Gasteiger partial charge < -0.3 is 0 Å². The number of rotatable bonds is 2. The molecule has 0 aliphatic carbocycles. The van der Waals surface area contributed by atoms with Crippen LogP contribution in [-0.2, 0) is 10.1 Å². The molecule has 0 rings (SSSR count). The lowest BCUT2D eigenvalue weighted by Gasteiger charge is -2.14. The van der Waals surface area contributed by atoms with Crippen LogP contribution in [0.2, 0.25) is 0 Å². The Labute approximate surface area is 62.0 Å². The highest BCUT2D eigenvalue weighted by atomic mass is 32.2. The van der Waals surface area contributed by atoms with Crippen LogP contribution in [0, 0.1) is 6.92 Å². The van der Waals surface area contributed by atoms with Crippen LogP contribution in [0.25, 0.3) is 0 Å². The summed E-state index contributed by atoms with van der Waals surface area (Å²) in [5.74, 6) is 0. The first-order valence-corrected chi connectivity index (χ1v) is 4.02. The van der Waals surface area contributed by atoms with Gasteiger partial charge in [-0.2, -0.15) is 21.6 Å². The molecule has 0 bridgehead atoms. The minimum atomic E-state index is -5.06. The van der Waals surface area contributed by atoms with Crippen molar-refractivity contribution >= 4 is 10.1 Å². The smallest absolute Gasteiger partial charge is 0.285 e. The van der Waals surface area contributed by atoms with Crippen LogP contribution in [0.1, 0.15) is 6.42 Å². The molecule has 0 saturated carbocycles. The largest absolute Gasteiger partial charge is 0.407 e. The first-order chi connectivity index (χ1) is 4.69. The van der Waals surface area contributed by atoms with Crippen molar-refractivity contribution < 1.29 is 26.1 Å². The molecule has 0 aliphatic heterocycles. The molecule has 0 aromatic heterocycles. The van der Waals surface area contributed by atoms with E-state index in [1.165, 1.54) is 0 Å².